The summed E-state index contributed by atoms with van der Waals surface area (Å²) in [7, 11) is 1.39. The first-order valence-electron chi connectivity index (χ1n) is 6.61. The summed E-state index contributed by atoms with van der Waals surface area (Å²) in [5.41, 5.74) is 2.00. The molecule has 0 radical (unpaired) electrons. The maximum atomic E-state index is 11.1. The van der Waals surface area contributed by atoms with Crippen molar-refractivity contribution in [1.82, 2.24) is 4.98 Å². The summed E-state index contributed by atoms with van der Waals surface area (Å²) in [5.74, 6) is -0.218. The number of hydrogen-bond donors (Lipinski definition) is 1. The van der Waals surface area contributed by atoms with Gasteiger partial charge in [-0.1, -0.05) is 23.7 Å². The number of rotatable bonds is 6. The van der Waals surface area contributed by atoms with Crippen molar-refractivity contribution < 1.29 is 9.53 Å². The van der Waals surface area contributed by atoms with Crippen molar-refractivity contribution in [3.8, 4) is 0 Å². The number of carbonyl (C=O) groups excluding carboxylic acids is 1. The predicted molar refractivity (Wildman–Crippen MR) is 85.9 cm³/mol. The molecule has 1 atom stereocenters. The van der Waals surface area contributed by atoms with Crippen LogP contribution in [0.2, 0.25) is 5.02 Å². The fraction of sp³-hybridized carbons (Fsp3) is 0.333. The number of hydrogen-bond acceptors (Lipinski definition) is 5. The molecule has 6 heteroatoms. The second-order valence-electron chi connectivity index (χ2n) is 4.64. The van der Waals surface area contributed by atoms with E-state index in [-0.39, 0.29) is 12.0 Å². The van der Waals surface area contributed by atoms with E-state index in [1.807, 2.05) is 29.6 Å². The quantitative estimate of drug-likeness (QED) is 0.814. The Kier molecular flexibility index (Phi) is 5.59. The second kappa shape index (κ2) is 7.43. The summed E-state index contributed by atoms with van der Waals surface area (Å²) in [6, 6.07) is 7.86. The highest BCUT2D eigenvalue weighted by Gasteiger charge is 2.10. The lowest BCUT2D eigenvalue weighted by Gasteiger charge is -2.13. The molecule has 112 valence electrons. The standard InChI is InChI=1S/C15H17ClN2O2S/c1-10(11-4-3-5-12(16)8-11)17-15-18-13(9-21-15)6-7-14(19)20-2/h3-5,8-10H,6-7H2,1-2H3,(H,17,18). The molecule has 0 aliphatic heterocycles. The van der Waals surface area contributed by atoms with E-state index in [1.165, 1.54) is 18.4 Å². The first kappa shape index (κ1) is 15.8. The third-order valence-electron chi connectivity index (χ3n) is 3.05. The first-order valence-corrected chi connectivity index (χ1v) is 7.87. The van der Waals surface area contributed by atoms with Gasteiger partial charge >= 0.3 is 5.97 Å². The summed E-state index contributed by atoms with van der Waals surface area (Å²) in [4.78, 5) is 15.6. The molecule has 0 saturated heterocycles. The molecule has 0 fully saturated rings. The number of carbonyl (C=O) groups is 1. The number of thiazole rings is 1. The number of nitrogens with one attached hydrogen (secondary N) is 1. The first-order chi connectivity index (χ1) is 10.1. The van der Waals surface area contributed by atoms with E-state index >= 15 is 0 Å². The van der Waals surface area contributed by atoms with Crippen molar-refractivity contribution in [2.24, 2.45) is 0 Å². The van der Waals surface area contributed by atoms with Crippen LogP contribution in [0.1, 0.15) is 30.6 Å². The van der Waals surface area contributed by atoms with Gasteiger partial charge < -0.3 is 10.1 Å². The van der Waals surface area contributed by atoms with Crippen LogP contribution in [0.4, 0.5) is 5.13 Å². The molecule has 21 heavy (non-hydrogen) atoms. The number of benzene rings is 1. The normalized spacial score (nSPS) is 12.0. The van der Waals surface area contributed by atoms with Crippen LogP contribution in [0.3, 0.4) is 0 Å². The molecule has 0 spiro atoms. The summed E-state index contributed by atoms with van der Waals surface area (Å²) < 4.78 is 4.62. The monoisotopic (exact) mass is 324 g/mol. The fourth-order valence-corrected chi connectivity index (χ4v) is 2.90. The second-order valence-corrected chi connectivity index (χ2v) is 5.94. The van der Waals surface area contributed by atoms with Crippen molar-refractivity contribution in [1.29, 1.82) is 0 Å². The van der Waals surface area contributed by atoms with Gasteiger partial charge in [-0.25, -0.2) is 4.98 Å². The van der Waals surface area contributed by atoms with Gasteiger partial charge in [0.25, 0.3) is 0 Å². The van der Waals surface area contributed by atoms with Gasteiger partial charge in [-0.2, -0.15) is 0 Å². The smallest absolute Gasteiger partial charge is 0.305 e. The van der Waals surface area contributed by atoms with Gasteiger partial charge in [-0.15, -0.1) is 11.3 Å². The Hall–Kier alpha value is -1.59. The van der Waals surface area contributed by atoms with Crippen LogP contribution in [0.5, 0.6) is 0 Å². The number of aromatic nitrogens is 1. The third kappa shape index (κ3) is 4.72. The lowest BCUT2D eigenvalue weighted by Crippen LogP contribution is -2.06. The highest BCUT2D eigenvalue weighted by Crippen LogP contribution is 2.24. The molecule has 1 heterocycles. The number of methoxy groups -OCH3 is 1. The molecular weight excluding hydrogens is 308 g/mol. The largest absolute Gasteiger partial charge is 0.469 e. The third-order valence-corrected chi connectivity index (χ3v) is 4.11. The minimum absolute atomic E-state index is 0.114. The summed E-state index contributed by atoms with van der Waals surface area (Å²) in [6.07, 6.45) is 0.944. The molecule has 0 saturated carbocycles. The van der Waals surface area contributed by atoms with E-state index < -0.39 is 0 Å². The molecule has 0 aliphatic rings. The van der Waals surface area contributed by atoms with Crippen LogP contribution in [-0.2, 0) is 16.0 Å². The minimum Gasteiger partial charge on any atom is -0.469 e. The van der Waals surface area contributed by atoms with Crippen LogP contribution < -0.4 is 5.32 Å². The van der Waals surface area contributed by atoms with E-state index in [1.54, 1.807) is 0 Å². The van der Waals surface area contributed by atoms with Gasteiger partial charge in [-0.05, 0) is 24.6 Å². The lowest BCUT2D eigenvalue weighted by atomic mass is 10.1. The Morgan fingerprint density at radius 2 is 2.33 bits per heavy atom. The predicted octanol–water partition coefficient (Wildman–Crippen LogP) is 4.08. The van der Waals surface area contributed by atoms with Gasteiger partial charge in [0.05, 0.1) is 25.3 Å². The zero-order valence-corrected chi connectivity index (χ0v) is 13.5. The molecule has 0 bridgehead atoms. The zero-order chi connectivity index (χ0) is 15.2. The van der Waals surface area contributed by atoms with Gasteiger partial charge in [0, 0.05) is 16.8 Å². The van der Waals surface area contributed by atoms with Crippen LogP contribution >= 0.6 is 22.9 Å². The van der Waals surface area contributed by atoms with Crippen molar-refractivity contribution in [2.45, 2.75) is 25.8 Å². The molecule has 4 nitrogen and oxygen atoms in total. The average Bonchev–Trinajstić information content (AvgIpc) is 2.92. The summed E-state index contributed by atoms with van der Waals surface area (Å²) in [6.45, 7) is 2.06. The molecular formula is C15H17ClN2O2S. The molecule has 0 amide bonds. The van der Waals surface area contributed by atoms with Gasteiger partial charge in [-0.3, -0.25) is 4.79 Å². The Balaban J connectivity index is 1.94. The van der Waals surface area contributed by atoms with E-state index in [4.69, 9.17) is 11.6 Å². The average molecular weight is 325 g/mol. The van der Waals surface area contributed by atoms with E-state index in [2.05, 4.69) is 22.0 Å². The number of esters is 1. The Morgan fingerprint density at radius 3 is 3.05 bits per heavy atom. The molecule has 2 rings (SSSR count). The van der Waals surface area contributed by atoms with Crippen LogP contribution in [0.25, 0.3) is 0 Å². The van der Waals surface area contributed by atoms with Crippen LogP contribution in [-0.4, -0.2) is 18.1 Å². The van der Waals surface area contributed by atoms with E-state index in [0.29, 0.717) is 12.8 Å². The number of aryl methyl sites for hydroxylation is 1. The molecule has 0 aliphatic carbocycles. The van der Waals surface area contributed by atoms with Crippen LogP contribution in [0, 0.1) is 0 Å². The highest BCUT2D eigenvalue weighted by atomic mass is 35.5. The summed E-state index contributed by atoms with van der Waals surface area (Å²) in [5, 5.41) is 6.85. The number of anilines is 1. The number of ether oxygens (including phenoxy) is 1. The van der Waals surface area contributed by atoms with Crippen molar-refractivity contribution in [3.63, 3.8) is 0 Å². The topological polar surface area (TPSA) is 51.2 Å². The molecule has 1 N–H and O–H groups in total. The molecule has 1 unspecified atom stereocenters. The SMILES string of the molecule is COC(=O)CCc1csc(NC(C)c2cccc(Cl)c2)n1. The molecule has 2 aromatic rings. The van der Waals surface area contributed by atoms with E-state index in [0.717, 1.165) is 21.4 Å². The zero-order valence-electron chi connectivity index (χ0n) is 11.9. The van der Waals surface area contributed by atoms with Gasteiger partial charge in [0.2, 0.25) is 0 Å². The Labute approximate surface area is 133 Å². The Morgan fingerprint density at radius 1 is 1.52 bits per heavy atom. The Bertz CT molecular complexity index is 615. The fourth-order valence-electron chi connectivity index (χ4n) is 1.86. The van der Waals surface area contributed by atoms with Crippen molar-refractivity contribution in [2.75, 3.05) is 12.4 Å². The highest BCUT2D eigenvalue weighted by molar-refractivity contribution is 7.13. The summed E-state index contributed by atoms with van der Waals surface area (Å²) >= 11 is 7.52. The van der Waals surface area contributed by atoms with Gasteiger partial charge in [0.15, 0.2) is 5.13 Å². The number of halogens is 1. The lowest BCUT2D eigenvalue weighted by molar-refractivity contribution is -0.140. The maximum absolute atomic E-state index is 11.1. The van der Waals surface area contributed by atoms with Gasteiger partial charge in [0.1, 0.15) is 0 Å². The maximum Gasteiger partial charge on any atom is 0.305 e. The molecule has 1 aromatic carbocycles. The van der Waals surface area contributed by atoms with E-state index in [9.17, 15) is 4.79 Å². The number of nitrogens with zero attached hydrogens (tertiary/aromatic N) is 1. The van der Waals surface area contributed by atoms with Crippen LogP contribution in [0.15, 0.2) is 29.6 Å². The van der Waals surface area contributed by atoms with Crippen molar-refractivity contribution in [3.05, 3.63) is 45.9 Å². The molecule has 1 aromatic heterocycles. The van der Waals surface area contributed by atoms with Crippen molar-refractivity contribution >= 4 is 34.0 Å². The minimum atomic E-state index is -0.218.